The lowest BCUT2D eigenvalue weighted by molar-refractivity contribution is -0.141. The lowest BCUT2D eigenvalue weighted by Crippen LogP contribution is -2.11. The second-order valence-electron chi connectivity index (χ2n) is 5.09. The molecule has 0 aliphatic heterocycles. The van der Waals surface area contributed by atoms with E-state index in [1.807, 2.05) is 0 Å². The molecule has 0 atom stereocenters. The van der Waals surface area contributed by atoms with E-state index in [2.05, 4.69) is 10.4 Å². The summed E-state index contributed by atoms with van der Waals surface area (Å²) in [6.07, 6.45) is -4.48. The maximum Gasteiger partial charge on any atom is 0.435 e. The molecule has 0 aliphatic rings. The topological polar surface area (TPSA) is 46.9 Å². The largest absolute Gasteiger partial charge is 0.435 e. The standard InChI is InChI=1S/C16H12F3N3OS/c1-10-8-14(16(17,18)19)21-22(10)13-4-2-12(3-5-13)20-15(23)11-6-7-24-9-11/h2-9H,1H3,(H,20,23). The van der Waals surface area contributed by atoms with Crippen molar-refractivity contribution in [1.29, 1.82) is 0 Å². The third-order valence-electron chi connectivity index (χ3n) is 3.33. The highest BCUT2D eigenvalue weighted by atomic mass is 32.1. The van der Waals surface area contributed by atoms with Crippen LogP contribution < -0.4 is 5.32 Å². The van der Waals surface area contributed by atoms with Crippen molar-refractivity contribution in [2.24, 2.45) is 0 Å². The molecule has 1 amide bonds. The maximum absolute atomic E-state index is 12.7. The number of anilines is 1. The molecule has 8 heteroatoms. The molecule has 0 saturated heterocycles. The first-order valence-corrected chi connectivity index (χ1v) is 7.87. The molecule has 2 aromatic heterocycles. The van der Waals surface area contributed by atoms with Gasteiger partial charge in [0.1, 0.15) is 0 Å². The van der Waals surface area contributed by atoms with Crippen LogP contribution in [0.1, 0.15) is 21.7 Å². The van der Waals surface area contributed by atoms with E-state index in [0.717, 1.165) is 6.07 Å². The van der Waals surface area contributed by atoms with Crippen molar-refractivity contribution < 1.29 is 18.0 Å². The second kappa shape index (κ2) is 6.12. The SMILES string of the molecule is Cc1cc(C(F)(F)F)nn1-c1ccc(NC(=O)c2ccsc2)cc1. The van der Waals surface area contributed by atoms with Crippen molar-refractivity contribution in [2.45, 2.75) is 13.1 Å². The molecule has 124 valence electrons. The minimum Gasteiger partial charge on any atom is -0.322 e. The zero-order valence-corrected chi connectivity index (χ0v) is 13.3. The lowest BCUT2D eigenvalue weighted by Gasteiger charge is -2.07. The Balaban J connectivity index is 1.80. The number of hydrogen-bond donors (Lipinski definition) is 1. The molecule has 1 aromatic carbocycles. The molecule has 2 heterocycles. The molecule has 3 rings (SSSR count). The summed E-state index contributed by atoms with van der Waals surface area (Å²) in [5.41, 5.74) is 1.03. The van der Waals surface area contributed by atoms with Crippen LogP contribution in [-0.4, -0.2) is 15.7 Å². The molecule has 0 fully saturated rings. The zero-order chi connectivity index (χ0) is 17.3. The van der Waals surface area contributed by atoms with Crippen LogP contribution in [0, 0.1) is 6.92 Å². The molecule has 0 unspecified atom stereocenters. The fraction of sp³-hybridized carbons (Fsp3) is 0.125. The van der Waals surface area contributed by atoms with Gasteiger partial charge in [0, 0.05) is 16.8 Å². The van der Waals surface area contributed by atoms with Gasteiger partial charge in [-0.1, -0.05) is 0 Å². The molecule has 1 N–H and O–H groups in total. The summed E-state index contributed by atoms with van der Waals surface area (Å²) < 4.78 is 39.4. The number of alkyl halides is 3. The Kier molecular flexibility index (Phi) is 4.15. The van der Waals surface area contributed by atoms with Crippen LogP contribution in [0.25, 0.3) is 5.69 Å². The molecule has 0 bridgehead atoms. The number of rotatable bonds is 3. The third kappa shape index (κ3) is 3.33. The van der Waals surface area contributed by atoms with Crippen molar-refractivity contribution in [3.05, 3.63) is 64.1 Å². The van der Waals surface area contributed by atoms with Crippen molar-refractivity contribution in [1.82, 2.24) is 9.78 Å². The smallest absolute Gasteiger partial charge is 0.322 e. The Morgan fingerprint density at radius 3 is 2.46 bits per heavy atom. The van der Waals surface area contributed by atoms with Crippen molar-refractivity contribution in [3.63, 3.8) is 0 Å². The lowest BCUT2D eigenvalue weighted by atomic mass is 10.2. The van der Waals surface area contributed by atoms with Crippen LogP contribution >= 0.6 is 11.3 Å². The molecule has 3 aromatic rings. The van der Waals surface area contributed by atoms with Crippen LogP contribution in [0.5, 0.6) is 0 Å². The number of aryl methyl sites for hydroxylation is 1. The van der Waals surface area contributed by atoms with E-state index in [4.69, 9.17) is 0 Å². The van der Waals surface area contributed by atoms with E-state index in [0.29, 0.717) is 22.6 Å². The summed E-state index contributed by atoms with van der Waals surface area (Å²) in [4.78, 5) is 12.0. The van der Waals surface area contributed by atoms with Gasteiger partial charge in [0.15, 0.2) is 5.69 Å². The van der Waals surface area contributed by atoms with E-state index in [1.165, 1.54) is 16.0 Å². The molecule has 0 spiro atoms. The summed E-state index contributed by atoms with van der Waals surface area (Å²) in [6, 6.07) is 9.14. The normalized spacial score (nSPS) is 11.5. The number of thiophene rings is 1. The highest BCUT2D eigenvalue weighted by Crippen LogP contribution is 2.29. The van der Waals surface area contributed by atoms with Gasteiger partial charge in [-0.2, -0.15) is 29.6 Å². The van der Waals surface area contributed by atoms with E-state index in [-0.39, 0.29) is 5.91 Å². The molecule has 0 aliphatic carbocycles. The predicted molar refractivity (Wildman–Crippen MR) is 85.6 cm³/mol. The van der Waals surface area contributed by atoms with E-state index >= 15 is 0 Å². The van der Waals surface area contributed by atoms with Gasteiger partial charge in [0.05, 0.1) is 11.3 Å². The fourth-order valence-electron chi connectivity index (χ4n) is 2.16. The van der Waals surface area contributed by atoms with Gasteiger partial charge in [0.2, 0.25) is 0 Å². The number of benzene rings is 1. The van der Waals surface area contributed by atoms with E-state index in [1.54, 1.807) is 48.0 Å². The fourth-order valence-corrected chi connectivity index (χ4v) is 2.79. The Morgan fingerprint density at radius 2 is 1.92 bits per heavy atom. The monoisotopic (exact) mass is 351 g/mol. The number of aromatic nitrogens is 2. The summed E-state index contributed by atoms with van der Waals surface area (Å²) in [5, 5.41) is 9.85. The van der Waals surface area contributed by atoms with Gasteiger partial charge >= 0.3 is 6.18 Å². The van der Waals surface area contributed by atoms with Gasteiger partial charge in [-0.3, -0.25) is 4.79 Å². The van der Waals surface area contributed by atoms with Crippen LogP contribution in [0.4, 0.5) is 18.9 Å². The van der Waals surface area contributed by atoms with Crippen molar-refractivity contribution in [3.8, 4) is 5.69 Å². The van der Waals surface area contributed by atoms with Gasteiger partial charge in [-0.15, -0.1) is 0 Å². The van der Waals surface area contributed by atoms with Crippen LogP contribution in [0.2, 0.25) is 0 Å². The molecular formula is C16H12F3N3OS. The number of halogens is 3. The second-order valence-corrected chi connectivity index (χ2v) is 5.87. The van der Waals surface area contributed by atoms with Crippen LogP contribution in [-0.2, 0) is 6.18 Å². The molecular weight excluding hydrogens is 339 g/mol. The van der Waals surface area contributed by atoms with Gasteiger partial charge in [0.25, 0.3) is 5.91 Å². The van der Waals surface area contributed by atoms with E-state index < -0.39 is 11.9 Å². The third-order valence-corrected chi connectivity index (χ3v) is 4.01. The maximum atomic E-state index is 12.7. The first-order chi connectivity index (χ1) is 11.3. The van der Waals surface area contributed by atoms with Gasteiger partial charge in [-0.05, 0) is 48.7 Å². The first-order valence-electron chi connectivity index (χ1n) is 6.92. The minimum atomic E-state index is -4.48. The molecule has 0 radical (unpaired) electrons. The summed E-state index contributed by atoms with van der Waals surface area (Å²) in [5.74, 6) is -0.237. The average molecular weight is 351 g/mol. The van der Waals surface area contributed by atoms with Gasteiger partial charge < -0.3 is 5.32 Å². The Hall–Kier alpha value is -2.61. The summed E-state index contributed by atoms with van der Waals surface area (Å²) in [6.45, 7) is 1.55. The number of amides is 1. The summed E-state index contributed by atoms with van der Waals surface area (Å²) >= 11 is 1.42. The van der Waals surface area contributed by atoms with Crippen molar-refractivity contribution >= 4 is 22.9 Å². The average Bonchev–Trinajstić information content (AvgIpc) is 3.17. The van der Waals surface area contributed by atoms with Crippen LogP contribution in [0.15, 0.2) is 47.2 Å². The number of nitrogens with one attached hydrogen (secondary N) is 1. The number of hydrogen-bond acceptors (Lipinski definition) is 3. The molecule has 4 nitrogen and oxygen atoms in total. The molecule has 0 saturated carbocycles. The Labute approximate surface area is 139 Å². The minimum absolute atomic E-state index is 0.237. The number of nitrogens with zero attached hydrogens (tertiary/aromatic N) is 2. The highest BCUT2D eigenvalue weighted by molar-refractivity contribution is 7.08. The van der Waals surface area contributed by atoms with Gasteiger partial charge in [-0.25, -0.2) is 4.68 Å². The molecule has 24 heavy (non-hydrogen) atoms. The quantitative estimate of drug-likeness (QED) is 0.754. The van der Waals surface area contributed by atoms with Crippen molar-refractivity contribution in [2.75, 3.05) is 5.32 Å². The summed E-state index contributed by atoms with van der Waals surface area (Å²) in [7, 11) is 0. The number of carbonyl (C=O) groups excluding carboxylic acids is 1. The predicted octanol–water partition coefficient (Wildman–Crippen LogP) is 4.51. The zero-order valence-electron chi connectivity index (χ0n) is 12.5. The highest BCUT2D eigenvalue weighted by Gasteiger charge is 2.34. The Bertz CT molecular complexity index is 852. The first kappa shape index (κ1) is 16.3. The van der Waals surface area contributed by atoms with E-state index in [9.17, 15) is 18.0 Å². The Morgan fingerprint density at radius 1 is 1.21 bits per heavy atom. The van der Waals surface area contributed by atoms with Crippen LogP contribution in [0.3, 0.4) is 0 Å². The number of carbonyl (C=O) groups is 1.